The first-order valence-electron chi connectivity index (χ1n) is 6.24. The summed E-state index contributed by atoms with van der Waals surface area (Å²) in [5, 5.41) is 3.39. The highest BCUT2D eigenvalue weighted by Crippen LogP contribution is 2.21. The lowest BCUT2D eigenvalue weighted by Crippen LogP contribution is -2.24. The average Bonchev–Trinajstić information content (AvgIpc) is 2.47. The van der Waals surface area contributed by atoms with Gasteiger partial charge in [-0.2, -0.15) is 0 Å². The van der Waals surface area contributed by atoms with Gasteiger partial charge in [-0.3, -0.25) is 4.79 Å². The number of nitrogens with one attached hydrogen (secondary N) is 1. The molecule has 1 amide bonds. The zero-order chi connectivity index (χ0) is 15.2. The first-order chi connectivity index (χ1) is 10.1. The van der Waals surface area contributed by atoms with Crippen LogP contribution in [0, 0.1) is 5.82 Å². The normalized spacial score (nSPS) is 10.4. The highest BCUT2D eigenvalue weighted by atomic mass is 35.5. The molecule has 0 radical (unpaired) electrons. The monoisotopic (exact) mass is 324 g/mol. The number of benzene rings is 2. The number of amides is 1. The van der Waals surface area contributed by atoms with Crippen molar-refractivity contribution in [2.45, 2.75) is 11.4 Å². The van der Waals surface area contributed by atoms with Gasteiger partial charge >= 0.3 is 0 Å². The Balaban J connectivity index is 1.82. The molecule has 21 heavy (non-hydrogen) atoms. The van der Waals surface area contributed by atoms with Gasteiger partial charge in [-0.25, -0.2) is 4.39 Å². The molecule has 0 bridgehead atoms. The Labute approximate surface area is 131 Å². The van der Waals surface area contributed by atoms with E-state index < -0.39 is 5.82 Å². The molecule has 0 spiro atoms. The van der Waals surface area contributed by atoms with E-state index in [1.807, 2.05) is 18.2 Å². The first-order valence-corrected chi connectivity index (χ1v) is 7.60. The fourth-order valence-electron chi connectivity index (χ4n) is 1.63. The molecule has 0 aliphatic carbocycles. The van der Waals surface area contributed by atoms with Gasteiger partial charge < -0.3 is 11.1 Å². The lowest BCUT2D eigenvalue weighted by Gasteiger charge is -2.07. The number of halogens is 2. The highest BCUT2D eigenvalue weighted by Gasteiger charge is 2.06. The van der Waals surface area contributed by atoms with E-state index in [1.54, 1.807) is 12.1 Å². The van der Waals surface area contributed by atoms with E-state index in [4.69, 9.17) is 17.3 Å². The molecule has 3 nitrogen and oxygen atoms in total. The van der Waals surface area contributed by atoms with E-state index in [-0.39, 0.29) is 17.3 Å². The van der Waals surface area contributed by atoms with Gasteiger partial charge in [-0.05, 0) is 29.8 Å². The molecule has 2 aromatic rings. The molecule has 0 unspecified atom stereocenters. The predicted octanol–water partition coefficient (Wildman–Crippen LogP) is 3.47. The molecule has 0 saturated carbocycles. The second kappa shape index (κ2) is 7.33. The zero-order valence-corrected chi connectivity index (χ0v) is 12.7. The van der Waals surface area contributed by atoms with E-state index in [9.17, 15) is 9.18 Å². The third-order valence-electron chi connectivity index (χ3n) is 2.78. The summed E-state index contributed by atoms with van der Waals surface area (Å²) in [7, 11) is 0. The summed E-state index contributed by atoms with van der Waals surface area (Å²) in [6, 6.07) is 11.8. The standard InChI is InChI=1S/C15H14ClFN2OS/c16-12-4-2-1-3-10(12)8-19-15(20)9-21-11-5-6-14(18)13(17)7-11/h1-7H,8-9,18H2,(H,19,20). The number of anilines is 1. The number of thioether (sulfide) groups is 1. The minimum atomic E-state index is -0.475. The summed E-state index contributed by atoms with van der Waals surface area (Å²) in [5.41, 5.74) is 6.35. The molecule has 0 aromatic heterocycles. The smallest absolute Gasteiger partial charge is 0.230 e. The molecule has 0 heterocycles. The second-order valence-corrected chi connectivity index (χ2v) is 5.80. The number of hydrogen-bond acceptors (Lipinski definition) is 3. The third-order valence-corrected chi connectivity index (χ3v) is 4.14. The van der Waals surface area contributed by atoms with Crippen LogP contribution in [0.4, 0.5) is 10.1 Å². The van der Waals surface area contributed by atoms with Gasteiger partial charge in [-0.15, -0.1) is 11.8 Å². The van der Waals surface area contributed by atoms with Crippen molar-refractivity contribution in [3.05, 3.63) is 58.9 Å². The number of carbonyl (C=O) groups excluding carboxylic acids is 1. The molecule has 0 fully saturated rings. The summed E-state index contributed by atoms with van der Waals surface area (Å²) in [4.78, 5) is 12.4. The number of nitrogen functional groups attached to an aromatic ring is 1. The van der Waals surface area contributed by atoms with Gasteiger partial charge in [0.25, 0.3) is 0 Å². The van der Waals surface area contributed by atoms with E-state index in [0.717, 1.165) is 5.56 Å². The van der Waals surface area contributed by atoms with Crippen LogP contribution in [0.2, 0.25) is 5.02 Å². The van der Waals surface area contributed by atoms with Gasteiger partial charge in [0.15, 0.2) is 0 Å². The van der Waals surface area contributed by atoms with E-state index in [1.165, 1.54) is 23.9 Å². The van der Waals surface area contributed by atoms with Gasteiger partial charge in [0.05, 0.1) is 11.4 Å². The molecular weight excluding hydrogens is 311 g/mol. The van der Waals surface area contributed by atoms with Crippen LogP contribution in [0.5, 0.6) is 0 Å². The lowest BCUT2D eigenvalue weighted by atomic mass is 10.2. The van der Waals surface area contributed by atoms with Crippen molar-refractivity contribution in [2.75, 3.05) is 11.5 Å². The zero-order valence-electron chi connectivity index (χ0n) is 11.1. The van der Waals surface area contributed by atoms with Crippen LogP contribution in [0.25, 0.3) is 0 Å². The van der Waals surface area contributed by atoms with E-state index >= 15 is 0 Å². The Hall–Kier alpha value is -1.72. The van der Waals surface area contributed by atoms with Crippen molar-refractivity contribution in [3.63, 3.8) is 0 Å². The minimum absolute atomic E-state index is 0.0996. The minimum Gasteiger partial charge on any atom is -0.396 e. The van der Waals surface area contributed by atoms with Crippen LogP contribution in [0.3, 0.4) is 0 Å². The summed E-state index contributed by atoms with van der Waals surface area (Å²) < 4.78 is 13.3. The molecule has 3 N–H and O–H groups in total. The molecule has 0 aliphatic heterocycles. The lowest BCUT2D eigenvalue weighted by molar-refractivity contribution is -0.118. The quantitative estimate of drug-likeness (QED) is 0.654. The Morgan fingerprint density at radius 2 is 2.05 bits per heavy atom. The summed E-state index contributed by atoms with van der Waals surface area (Å²) in [6.07, 6.45) is 0. The molecular formula is C15H14ClFN2OS. The largest absolute Gasteiger partial charge is 0.396 e. The highest BCUT2D eigenvalue weighted by molar-refractivity contribution is 8.00. The molecule has 0 atom stereocenters. The first kappa shape index (κ1) is 15.7. The number of nitrogens with two attached hydrogens (primary N) is 1. The topological polar surface area (TPSA) is 55.1 Å². The number of hydrogen-bond donors (Lipinski definition) is 2. The number of rotatable bonds is 5. The van der Waals surface area contributed by atoms with Gasteiger partial charge in [0.1, 0.15) is 5.82 Å². The van der Waals surface area contributed by atoms with Crippen molar-refractivity contribution in [1.82, 2.24) is 5.32 Å². The number of carbonyl (C=O) groups is 1. The Morgan fingerprint density at radius 1 is 1.29 bits per heavy atom. The maximum Gasteiger partial charge on any atom is 0.230 e. The third kappa shape index (κ3) is 4.65. The summed E-state index contributed by atoms with van der Waals surface area (Å²) in [6.45, 7) is 0.370. The van der Waals surface area contributed by atoms with Gasteiger partial charge in [-0.1, -0.05) is 29.8 Å². The maximum atomic E-state index is 13.3. The van der Waals surface area contributed by atoms with Crippen LogP contribution in [0.15, 0.2) is 47.4 Å². The fourth-order valence-corrected chi connectivity index (χ4v) is 2.59. The van der Waals surface area contributed by atoms with Crippen molar-refractivity contribution in [3.8, 4) is 0 Å². The van der Waals surface area contributed by atoms with Crippen molar-refractivity contribution >= 4 is 35.0 Å². The van der Waals surface area contributed by atoms with Crippen molar-refractivity contribution < 1.29 is 9.18 Å². The molecule has 110 valence electrons. The average molecular weight is 325 g/mol. The predicted molar refractivity (Wildman–Crippen MR) is 84.8 cm³/mol. The van der Waals surface area contributed by atoms with E-state index in [2.05, 4.69) is 5.32 Å². The Morgan fingerprint density at radius 3 is 2.76 bits per heavy atom. The van der Waals surface area contributed by atoms with Gasteiger partial charge in [0.2, 0.25) is 5.91 Å². The molecule has 6 heteroatoms. The molecule has 0 saturated heterocycles. The van der Waals surface area contributed by atoms with Crippen LogP contribution in [0.1, 0.15) is 5.56 Å². The molecule has 2 rings (SSSR count). The van der Waals surface area contributed by atoms with Crippen molar-refractivity contribution in [2.24, 2.45) is 0 Å². The van der Waals surface area contributed by atoms with E-state index in [0.29, 0.717) is 16.5 Å². The Bertz CT molecular complexity index is 651. The van der Waals surface area contributed by atoms with Crippen LogP contribution < -0.4 is 11.1 Å². The van der Waals surface area contributed by atoms with Crippen molar-refractivity contribution in [1.29, 1.82) is 0 Å². The van der Waals surface area contributed by atoms with Crippen LogP contribution >= 0.6 is 23.4 Å². The van der Waals surface area contributed by atoms with Crippen LogP contribution in [-0.4, -0.2) is 11.7 Å². The summed E-state index contributed by atoms with van der Waals surface area (Å²) in [5.74, 6) is -0.415. The fraction of sp³-hybridized carbons (Fsp3) is 0.133. The SMILES string of the molecule is Nc1ccc(SCC(=O)NCc2ccccc2Cl)cc1F. The Kier molecular flexibility index (Phi) is 5.47. The maximum absolute atomic E-state index is 13.3. The van der Waals surface area contributed by atoms with Crippen LogP contribution in [-0.2, 0) is 11.3 Å². The molecule has 0 aliphatic rings. The molecule has 2 aromatic carbocycles. The summed E-state index contributed by atoms with van der Waals surface area (Å²) >= 11 is 7.25. The van der Waals surface area contributed by atoms with Gasteiger partial charge in [0, 0.05) is 16.5 Å². The second-order valence-electron chi connectivity index (χ2n) is 4.34.